The van der Waals surface area contributed by atoms with Crippen molar-refractivity contribution in [2.45, 2.75) is 51.0 Å². The second kappa shape index (κ2) is 6.46. The SMILES string of the molecule is CNc1cc(C2CCCN2C(=O)CC2CCCC2)ccn1. The van der Waals surface area contributed by atoms with Gasteiger partial charge >= 0.3 is 0 Å². The van der Waals surface area contributed by atoms with Gasteiger partial charge in [0.15, 0.2) is 0 Å². The van der Waals surface area contributed by atoms with Crippen LogP contribution in [0.1, 0.15) is 56.6 Å². The fourth-order valence-corrected chi connectivity index (χ4v) is 3.78. The molecule has 4 nitrogen and oxygen atoms in total. The summed E-state index contributed by atoms with van der Waals surface area (Å²) >= 11 is 0. The number of hydrogen-bond acceptors (Lipinski definition) is 3. The maximum absolute atomic E-state index is 12.6. The number of nitrogens with one attached hydrogen (secondary N) is 1. The van der Waals surface area contributed by atoms with E-state index in [4.69, 9.17) is 0 Å². The van der Waals surface area contributed by atoms with Crippen LogP contribution in [-0.4, -0.2) is 29.4 Å². The van der Waals surface area contributed by atoms with Gasteiger partial charge in [-0.2, -0.15) is 0 Å². The lowest BCUT2D eigenvalue weighted by atomic mass is 10.0. The van der Waals surface area contributed by atoms with Gasteiger partial charge in [-0.15, -0.1) is 0 Å². The Morgan fingerprint density at radius 1 is 1.33 bits per heavy atom. The van der Waals surface area contributed by atoms with E-state index in [1.807, 2.05) is 19.3 Å². The molecular weight excluding hydrogens is 262 g/mol. The van der Waals surface area contributed by atoms with Crippen LogP contribution in [0.3, 0.4) is 0 Å². The highest BCUT2D eigenvalue weighted by Gasteiger charge is 2.31. The zero-order chi connectivity index (χ0) is 14.7. The van der Waals surface area contributed by atoms with Crippen LogP contribution in [0, 0.1) is 5.92 Å². The van der Waals surface area contributed by atoms with Gasteiger partial charge in [-0.05, 0) is 49.3 Å². The Bertz CT molecular complexity index is 497. The Morgan fingerprint density at radius 3 is 2.90 bits per heavy atom. The Kier molecular flexibility index (Phi) is 4.42. The van der Waals surface area contributed by atoms with Gasteiger partial charge in [0.1, 0.15) is 5.82 Å². The molecule has 1 amide bonds. The van der Waals surface area contributed by atoms with Crippen LogP contribution < -0.4 is 5.32 Å². The first-order valence-corrected chi connectivity index (χ1v) is 8.21. The number of likely N-dealkylation sites (tertiary alicyclic amines) is 1. The lowest BCUT2D eigenvalue weighted by Gasteiger charge is -2.26. The summed E-state index contributed by atoms with van der Waals surface area (Å²) in [5.74, 6) is 1.86. The number of carbonyl (C=O) groups excluding carboxylic acids is 1. The van der Waals surface area contributed by atoms with Gasteiger partial charge in [0, 0.05) is 26.2 Å². The first-order valence-electron chi connectivity index (χ1n) is 8.21. The van der Waals surface area contributed by atoms with E-state index in [2.05, 4.69) is 21.3 Å². The average Bonchev–Trinajstić information content (AvgIpc) is 3.18. The van der Waals surface area contributed by atoms with Gasteiger partial charge in [-0.3, -0.25) is 4.79 Å². The Labute approximate surface area is 126 Å². The van der Waals surface area contributed by atoms with E-state index in [-0.39, 0.29) is 6.04 Å². The number of aromatic nitrogens is 1. The summed E-state index contributed by atoms with van der Waals surface area (Å²) in [5.41, 5.74) is 1.21. The molecule has 0 radical (unpaired) electrons. The molecule has 2 aliphatic rings. The third-order valence-corrected chi connectivity index (χ3v) is 4.94. The molecule has 0 bridgehead atoms. The molecule has 4 heteroatoms. The average molecular weight is 287 g/mol. The zero-order valence-electron chi connectivity index (χ0n) is 12.8. The summed E-state index contributed by atoms with van der Waals surface area (Å²) in [4.78, 5) is 19.0. The Balaban J connectivity index is 1.70. The molecule has 3 rings (SSSR count). The summed E-state index contributed by atoms with van der Waals surface area (Å²) in [5, 5.41) is 3.08. The first kappa shape index (κ1) is 14.4. The second-order valence-electron chi connectivity index (χ2n) is 6.32. The number of pyridine rings is 1. The summed E-state index contributed by atoms with van der Waals surface area (Å²) in [7, 11) is 1.88. The molecular formula is C17H25N3O. The van der Waals surface area contributed by atoms with Gasteiger partial charge in [-0.25, -0.2) is 4.98 Å². The van der Waals surface area contributed by atoms with Crippen LogP contribution in [0.25, 0.3) is 0 Å². The molecule has 1 saturated heterocycles. The third-order valence-electron chi connectivity index (χ3n) is 4.94. The van der Waals surface area contributed by atoms with E-state index in [1.54, 1.807) is 0 Å². The minimum absolute atomic E-state index is 0.244. The molecule has 2 fully saturated rings. The van der Waals surface area contributed by atoms with E-state index in [0.29, 0.717) is 11.8 Å². The fourth-order valence-electron chi connectivity index (χ4n) is 3.78. The van der Waals surface area contributed by atoms with Crippen molar-refractivity contribution in [2.75, 3.05) is 18.9 Å². The van der Waals surface area contributed by atoms with Gasteiger partial charge in [-0.1, -0.05) is 12.8 Å². The summed E-state index contributed by atoms with van der Waals surface area (Å²) in [6, 6.07) is 4.37. The van der Waals surface area contributed by atoms with Gasteiger partial charge < -0.3 is 10.2 Å². The Hall–Kier alpha value is -1.58. The number of hydrogen-bond donors (Lipinski definition) is 1. The van der Waals surface area contributed by atoms with Crippen molar-refractivity contribution < 1.29 is 4.79 Å². The van der Waals surface area contributed by atoms with Crippen molar-refractivity contribution in [3.63, 3.8) is 0 Å². The lowest BCUT2D eigenvalue weighted by molar-refractivity contribution is -0.133. The van der Waals surface area contributed by atoms with E-state index in [0.717, 1.165) is 31.6 Å². The predicted octanol–water partition coefficient (Wildman–Crippen LogP) is 3.37. The molecule has 1 unspecified atom stereocenters. The van der Waals surface area contributed by atoms with Crippen LogP contribution >= 0.6 is 0 Å². The van der Waals surface area contributed by atoms with Crippen molar-refractivity contribution >= 4 is 11.7 Å². The number of amides is 1. The van der Waals surface area contributed by atoms with Crippen LogP contribution in [-0.2, 0) is 4.79 Å². The van der Waals surface area contributed by atoms with Gasteiger partial charge in [0.25, 0.3) is 0 Å². The van der Waals surface area contributed by atoms with E-state index >= 15 is 0 Å². The van der Waals surface area contributed by atoms with E-state index < -0.39 is 0 Å². The molecule has 114 valence electrons. The second-order valence-corrected chi connectivity index (χ2v) is 6.32. The molecule has 1 saturated carbocycles. The van der Waals surface area contributed by atoms with Crippen molar-refractivity contribution in [1.29, 1.82) is 0 Å². The van der Waals surface area contributed by atoms with E-state index in [1.165, 1.54) is 31.2 Å². The normalized spacial score (nSPS) is 22.7. The molecule has 1 aliphatic carbocycles. The number of carbonyl (C=O) groups is 1. The monoisotopic (exact) mass is 287 g/mol. The minimum Gasteiger partial charge on any atom is -0.373 e. The molecule has 1 N–H and O–H groups in total. The molecule has 21 heavy (non-hydrogen) atoms. The summed E-state index contributed by atoms with van der Waals surface area (Å²) in [6.45, 7) is 0.910. The smallest absolute Gasteiger partial charge is 0.223 e. The van der Waals surface area contributed by atoms with Crippen molar-refractivity contribution in [1.82, 2.24) is 9.88 Å². The predicted molar refractivity (Wildman–Crippen MR) is 84.0 cm³/mol. The van der Waals surface area contributed by atoms with Crippen LogP contribution in [0.4, 0.5) is 5.82 Å². The first-order chi connectivity index (χ1) is 10.3. The highest BCUT2D eigenvalue weighted by Crippen LogP contribution is 2.35. The van der Waals surface area contributed by atoms with Crippen molar-refractivity contribution in [2.24, 2.45) is 5.92 Å². The van der Waals surface area contributed by atoms with Crippen LogP contribution in [0.15, 0.2) is 18.3 Å². The summed E-state index contributed by atoms with van der Waals surface area (Å²) in [6.07, 6.45) is 9.85. The largest absolute Gasteiger partial charge is 0.373 e. The van der Waals surface area contributed by atoms with Crippen molar-refractivity contribution in [3.8, 4) is 0 Å². The lowest BCUT2D eigenvalue weighted by Crippen LogP contribution is -2.31. The van der Waals surface area contributed by atoms with Crippen molar-refractivity contribution in [3.05, 3.63) is 23.9 Å². The topological polar surface area (TPSA) is 45.2 Å². The highest BCUT2D eigenvalue weighted by atomic mass is 16.2. The number of anilines is 1. The standard InChI is InChI=1S/C17H25N3O/c1-18-16-12-14(8-9-19-16)15-7-4-10-20(15)17(21)11-13-5-2-3-6-13/h8-9,12-13,15H,2-7,10-11H2,1H3,(H,18,19). The maximum atomic E-state index is 12.6. The number of rotatable bonds is 4. The minimum atomic E-state index is 0.244. The highest BCUT2D eigenvalue weighted by molar-refractivity contribution is 5.77. The molecule has 1 aromatic heterocycles. The fraction of sp³-hybridized carbons (Fsp3) is 0.647. The molecule has 1 aliphatic heterocycles. The molecule has 2 heterocycles. The molecule has 1 atom stereocenters. The van der Waals surface area contributed by atoms with Crippen LogP contribution in [0.5, 0.6) is 0 Å². The maximum Gasteiger partial charge on any atom is 0.223 e. The molecule has 0 aromatic carbocycles. The molecule has 1 aromatic rings. The Morgan fingerprint density at radius 2 is 2.14 bits per heavy atom. The quantitative estimate of drug-likeness (QED) is 0.923. The zero-order valence-corrected chi connectivity index (χ0v) is 12.8. The number of nitrogens with zero attached hydrogens (tertiary/aromatic N) is 2. The van der Waals surface area contributed by atoms with Gasteiger partial charge in [0.05, 0.1) is 6.04 Å². The van der Waals surface area contributed by atoms with E-state index in [9.17, 15) is 4.79 Å². The van der Waals surface area contributed by atoms with Gasteiger partial charge in [0.2, 0.25) is 5.91 Å². The third kappa shape index (κ3) is 3.20. The van der Waals surface area contributed by atoms with Crippen LogP contribution in [0.2, 0.25) is 0 Å². The molecule has 0 spiro atoms. The summed E-state index contributed by atoms with van der Waals surface area (Å²) < 4.78 is 0.